The van der Waals surface area contributed by atoms with Gasteiger partial charge in [-0.05, 0) is 61.0 Å². The minimum atomic E-state index is -3.71. The molecule has 0 unspecified atom stereocenters. The molecular formula is C23H23N3O4S. The monoisotopic (exact) mass is 437 g/mol. The molecule has 0 aliphatic heterocycles. The molecule has 3 aromatic carbocycles. The molecule has 0 atom stereocenters. The van der Waals surface area contributed by atoms with E-state index in [1.807, 2.05) is 0 Å². The third-order valence-electron chi connectivity index (χ3n) is 4.64. The van der Waals surface area contributed by atoms with E-state index < -0.39 is 10.0 Å². The highest BCUT2D eigenvalue weighted by atomic mass is 32.2. The van der Waals surface area contributed by atoms with E-state index in [-0.39, 0.29) is 16.7 Å². The first-order chi connectivity index (χ1) is 14.7. The van der Waals surface area contributed by atoms with Gasteiger partial charge in [-0.25, -0.2) is 8.42 Å². The van der Waals surface area contributed by atoms with E-state index in [2.05, 4.69) is 10.6 Å². The Morgan fingerprint density at radius 3 is 2.10 bits per heavy atom. The van der Waals surface area contributed by atoms with Gasteiger partial charge in [-0.3, -0.25) is 13.9 Å². The van der Waals surface area contributed by atoms with Crippen LogP contribution in [0, 0.1) is 6.92 Å². The van der Waals surface area contributed by atoms with Crippen molar-refractivity contribution in [1.29, 1.82) is 0 Å². The van der Waals surface area contributed by atoms with Crippen molar-refractivity contribution in [1.82, 2.24) is 0 Å². The van der Waals surface area contributed by atoms with Crippen molar-refractivity contribution in [2.24, 2.45) is 0 Å². The number of nitrogens with zero attached hydrogens (tertiary/aromatic N) is 1. The number of anilines is 3. The molecule has 2 N–H and O–H groups in total. The van der Waals surface area contributed by atoms with Crippen molar-refractivity contribution >= 4 is 38.9 Å². The fourth-order valence-corrected chi connectivity index (χ4v) is 4.39. The van der Waals surface area contributed by atoms with E-state index in [4.69, 9.17) is 0 Å². The van der Waals surface area contributed by atoms with Crippen LogP contribution in [0.3, 0.4) is 0 Å². The van der Waals surface area contributed by atoms with Gasteiger partial charge in [0.05, 0.1) is 10.6 Å². The van der Waals surface area contributed by atoms with Crippen LogP contribution in [-0.2, 0) is 14.8 Å². The van der Waals surface area contributed by atoms with Crippen LogP contribution in [-0.4, -0.2) is 27.3 Å². The highest BCUT2D eigenvalue weighted by Crippen LogP contribution is 2.26. The summed E-state index contributed by atoms with van der Waals surface area (Å²) in [5, 5.41) is 5.44. The molecule has 0 saturated heterocycles. The highest BCUT2D eigenvalue weighted by molar-refractivity contribution is 7.92. The zero-order valence-corrected chi connectivity index (χ0v) is 18.2. The van der Waals surface area contributed by atoms with Gasteiger partial charge in [0.1, 0.15) is 0 Å². The molecule has 0 fully saturated rings. The van der Waals surface area contributed by atoms with E-state index >= 15 is 0 Å². The SMILES string of the molecule is CC(=O)Nc1cccc(NC(=O)c2ccc(N(C)S(=O)(=O)c3ccccc3)c(C)c2)c1. The first-order valence-electron chi connectivity index (χ1n) is 9.52. The normalized spacial score (nSPS) is 10.9. The van der Waals surface area contributed by atoms with Gasteiger partial charge in [-0.1, -0.05) is 24.3 Å². The quantitative estimate of drug-likeness (QED) is 0.609. The van der Waals surface area contributed by atoms with Crippen LogP contribution >= 0.6 is 0 Å². The molecule has 0 bridgehead atoms. The molecule has 0 saturated carbocycles. The van der Waals surface area contributed by atoms with Crippen molar-refractivity contribution < 1.29 is 18.0 Å². The lowest BCUT2D eigenvalue weighted by Crippen LogP contribution is -2.27. The van der Waals surface area contributed by atoms with Crippen LogP contribution in [0.1, 0.15) is 22.8 Å². The van der Waals surface area contributed by atoms with Gasteiger partial charge in [-0.2, -0.15) is 0 Å². The maximum atomic E-state index is 12.9. The molecule has 0 aromatic heterocycles. The van der Waals surface area contributed by atoms with Gasteiger partial charge in [0.25, 0.3) is 15.9 Å². The average molecular weight is 438 g/mol. The maximum absolute atomic E-state index is 12.9. The molecule has 31 heavy (non-hydrogen) atoms. The molecule has 3 aromatic rings. The number of hydrogen-bond donors (Lipinski definition) is 2. The molecule has 0 aliphatic carbocycles. The Hall–Kier alpha value is -3.65. The number of rotatable bonds is 6. The lowest BCUT2D eigenvalue weighted by atomic mass is 10.1. The van der Waals surface area contributed by atoms with Crippen molar-refractivity contribution in [3.05, 3.63) is 83.9 Å². The number of carbonyl (C=O) groups excluding carboxylic acids is 2. The van der Waals surface area contributed by atoms with Crippen molar-refractivity contribution in [3.63, 3.8) is 0 Å². The van der Waals surface area contributed by atoms with Gasteiger partial charge in [0.15, 0.2) is 0 Å². The second-order valence-corrected chi connectivity index (χ2v) is 8.97. The summed E-state index contributed by atoms with van der Waals surface area (Å²) < 4.78 is 26.9. The first kappa shape index (κ1) is 22.0. The average Bonchev–Trinajstić information content (AvgIpc) is 2.73. The lowest BCUT2D eigenvalue weighted by Gasteiger charge is -2.22. The van der Waals surface area contributed by atoms with Crippen LogP contribution in [0.15, 0.2) is 77.7 Å². The van der Waals surface area contributed by atoms with Gasteiger partial charge >= 0.3 is 0 Å². The number of benzene rings is 3. The molecule has 7 nitrogen and oxygen atoms in total. The maximum Gasteiger partial charge on any atom is 0.264 e. The summed E-state index contributed by atoms with van der Waals surface area (Å²) in [7, 11) is -2.23. The van der Waals surface area contributed by atoms with Gasteiger partial charge < -0.3 is 10.6 Å². The first-order valence-corrected chi connectivity index (χ1v) is 11.0. The Labute approximate surface area is 181 Å². The molecule has 0 spiro atoms. The van der Waals surface area contributed by atoms with Crippen molar-refractivity contribution in [2.45, 2.75) is 18.7 Å². The standard InChI is InChI=1S/C23H23N3O4S/c1-16-14-18(23(28)25-20-9-7-8-19(15-20)24-17(2)27)12-13-22(16)26(3)31(29,30)21-10-5-4-6-11-21/h4-15H,1-3H3,(H,24,27)(H,25,28). The third kappa shape index (κ3) is 5.10. The van der Waals surface area contributed by atoms with Crippen LogP contribution in [0.5, 0.6) is 0 Å². The third-order valence-corrected chi connectivity index (χ3v) is 6.43. The minimum absolute atomic E-state index is 0.192. The zero-order valence-electron chi connectivity index (χ0n) is 17.4. The highest BCUT2D eigenvalue weighted by Gasteiger charge is 2.22. The van der Waals surface area contributed by atoms with E-state index in [9.17, 15) is 18.0 Å². The topological polar surface area (TPSA) is 95.6 Å². The Morgan fingerprint density at radius 2 is 1.48 bits per heavy atom. The van der Waals surface area contributed by atoms with Crippen molar-refractivity contribution in [3.8, 4) is 0 Å². The predicted octanol–water partition coefficient (Wildman–Crippen LogP) is 4.03. The van der Waals surface area contributed by atoms with E-state index in [1.54, 1.807) is 67.6 Å². The van der Waals surface area contributed by atoms with E-state index in [1.165, 1.54) is 30.4 Å². The van der Waals surface area contributed by atoms with E-state index in [0.717, 1.165) is 0 Å². The van der Waals surface area contributed by atoms with Crippen LogP contribution in [0.2, 0.25) is 0 Å². The van der Waals surface area contributed by atoms with Crippen LogP contribution in [0.25, 0.3) is 0 Å². The van der Waals surface area contributed by atoms with Crippen molar-refractivity contribution in [2.75, 3.05) is 22.0 Å². The number of carbonyl (C=O) groups is 2. The number of sulfonamides is 1. The number of nitrogens with one attached hydrogen (secondary N) is 2. The van der Waals surface area contributed by atoms with Crippen LogP contribution in [0.4, 0.5) is 17.1 Å². The summed E-state index contributed by atoms with van der Waals surface area (Å²) in [6.45, 7) is 3.16. The van der Waals surface area contributed by atoms with Gasteiger partial charge in [-0.15, -0.1) is 0 Å². The summed E-state index contributed by atoms with van der Waals surface area (Å²) in [5.74, 6) is -0.549. The van der Waals surface area contributed by atoms with Gasteiger partial charge in [0, 0.05) is 30.9 Å². The Morgan fingerprint density at radius 1 is 0.839 bits per heavy atom. The second-order valence-electron chi connectivity index (χ2n) is 7.00. The molecule has 2 amide bonds. The lowest BCUT2D eigenvalue weighted by molar-refractivity contribution is -0.114. The molecule has 160 valence electrons. The van der Waals surface area contributed by atoms with Gasteiger partial charge in [0.2, 0.25) is 5.91 Å². The van der Waals surface area contributed by atoms with E-state index in [0.29, 0.717) is 28.2 Å². The minimum Gasteiger partial charge on any atom is -0.326 e. The van der Waals surface area contributed by atoms with Crippen LogP contribution < -0.4 is 14.9 Å². The molecule has 0 aliphatic rings. The molecule has 0 heterocycles. The second kappa shape index (κ2) is 9.01. The predicted molar refractivity (Wildman–Crippen MR) is 122 cm³/mol. The summed E-state index contributed by atoms with van der Waals surface area (Å²) in [6, 6.07) is 19.8. The molecular weight excluding hydrogens is 414 g/mol. The fourth-order valence-electron chi connectivity index (χ4n) is 3.11. The molecule has 3 rings (SSSR count). The summed E-state index contributed by atoms with van der Waals surface area (Å²) in [4.78, 5) is 24.1. The fraction of sp³-hybridized carbons (Fsp3) is 0.130. The summed E-state index contributed by atoms with van der Waals surface area (Å²) in [6.07, 6.45) is 0. The number of amides is 2. The smallest absolute Gasteiger partial charge is 0.264 e. The molecule has 8 heteroatoms. The Kier molecular flexibility index (Phi) is 6.41. The zero-order chi connectivity index (χ0) is 22.6. The number of aryl methyl sites for hydroxylation is 1. The number of hydrogen-bond acceptors (Lipinski definition) is 4. The largest absolute Gasteiger partial charge is 0.326 e. The Balaban J connectivity index is 1.80. The summed E-state index contributed by atoms with van der Waals surface area (Å²) >= 11 is 0. The Bertz CT molecular complexity index is 1220. The molecule has 0 radical (unpaired) electrons. The summed E-state index contributed by atoms with van der Waals surface area (Å²) in [5.41, 5.74) is 2.61.